The number of hydrogen-bond acceptors (Lipinski definition) is 3. The van der Waals surface area contributed by atoms with E-state index in [4.69, 9.17) is 4.42 Å². The lowest BCUT2D eigenvalue weighted by molar-refractivity contribution is -0.137. The van der Waals surface area contributed by atoms with Gasteiger partial charge in [0, 0.05) is 17.8 Å². The minimum Gasteiger partial charge on any atom is -0.457 e. The van der Waals surface area contributed by atoms with Gasteiger partial charge in [0.15, 0.2) is 0 Å². The number of pyridine rings is 1. The molecular weight excluding hydrogens is 348 g/mol. The lowest BCUT2D eigenvalue weighted by atomic mass is 10.1. The van der Waals surface area contributed by atoms with Crippen LogP contribution in [0.15, 0.2) is 59.1 Å². The Bertz CT molecular complexity index is 978. The van der Waals surface area contributed by atoms with E-state index in [9.17, 15) is 22.8 Å². The third-order valence-electron chi connectivity index (χ3n) is 3.53. The molecule has 0 aliphatic rings. The molecule has 3 rings (SSSR count). The molecule has 0 saturated heterocycles. The standard InChI is InChI=1S/C19H10F4N2O/c20-15-4-1-12(2-5-15)18-8-6-16(26-18)9-13(10-24)17-7-3-14(11-25-17)19(21,22)23/h1-9,11H/b13-9+. The smallest absolute Gasteiger partial charge is 0.417 e. The first-order chi connectivity index (χ1) is 12.4. The fourth-order valence-electron chi connectivity index (χ4n) is 2.23. The fourth-order valence-corrected chi connectivity index (χ4v) is 2.23. The maximum absolute atomic E-state index is 13.0. The van der Waals surface area contributed by atoms with Crippen molar-refractivity contribution in [1.82, 2.24) is 4.98 Å². The zero-order valence-electron chi connectivity index (χ0n) is 13.1. The minimum atomic E-state index is -4.49. The summed E-state index contributed by atoms with van der Waals surface area (Å²) < 4.78 is 56.3. The molecule has 0 atom stereocenters. The highest BCUT2D eigenvalue weighted by atomic mass is 19.4. The second-order valence-corrected chi connectivity index (χ2v) is 5.31. The number of aromatic nitrogens is 1. The van der Waals surface area contributed by atoms with Crippen LogP contribution in [0.5, 0.6) is 0 Å². The van der Waals surface area contributed by atoms with E-state index >= 15 is 0 Å². The molecule has 0 aliphatic carbocycles. The average molecular weight is 358 g/mol. The molecule has 0 unspecified atom stereocenters. The summed E-state index contributed by atoms with van der Waals surface area (Å²) in [6, 6.07) is 12.8. The van der Waals surface area contributed by atoms with E-state index < -0.39 is 11.7 Å². The zero-order chi connectivity index (χ0) is 18.7. The predicted molar refractivity (Wildman–Crippen MR) is 86.8 cm³/mol. The van der Waals surface area contributed by atoms with Crippen LogP contribution in [-0.4, -0.2) is 4.98 Å². The molecule has 0 radical (unpaired) electrons. The van der Waals surface area contributed by atoms with E-state index in [-0.39, 0.29) is 17.1 Å². The third kappa shape index (κ3) is 3.81. The first-order valence-corrected chi connectivity index (χ1v) is 7.38. The Morgan fingerprint density at radius 3 is 2.35 bits per heavy atom. The van der Waals surface area contributed by atoms with E-state index in [1.807, 2.05) is 6.07 Å². The Hall–Kier alpha value is -3.40. The molecule has 0 amide bonds. The summed E-state index contributed by atoms with van der Waals surface area (Å²) in [5.74, 6) is 0.414. The number of benzene rings is 1. The number of allylic oxidation sites excluding steroid dienone is 1. The van der Waals surface area contributed by atoms with E-state index in [0.717, 1.165) is 12.1 Å². The van der Waals surface area contributed by atoms with Gasteiger partial charge in [0.2, 0.25) is 0 Å². The zero-order valence-corrected chi connectivity index (χ0v) is 13.1. The monoisotopic (exact) mass is 358 g/mol. The Morgan fingerprint density at radius 2 is 1.77 bits per heavy atom. The topological polar surface area (TPSA) is 49.8 Å². The molecule has 0 spiro atoms. The van der Waals surface area contributed by atoms with Crippen molar-refractivity contribution in [3.63, 3.8) is 0 Å². The highest BCUT2D eigenvalue weighted by Crippen LogP contribution is 2.29. The lowest BCUT2D eigenvalue weighted by Crippen LogP contribution is -2.05. The number of nitriles is 1. The quantitative estimate of drug-likeness (QED) is 0.455. The van der Waals surface area contributed by atoms with Gasteiger partial charge < -0.3 is 4.42 Å². The average Bonchev–Trinajstić information content (AvgIpc) is 3.08. The summed E-state index contributed by atoms with van der Waals surface area (Å²) in [6.07, 6.45) is -2.44. The number of rotatable bonds is 3. The summed E-state index contributed by atoms with van der Waals surface area (Å²) in [5, 5.41) is 9.26. The van der Waals surface area contributed by atoms with Crippen molar-refractivity contribution in [2.45, 2.75) is 6.18 Å². The molecule has 3 nitrogen and oxygen atoms in total. The molecule has 2 heterocycles. The van der Waals surface area contributed by atoms with Crippen molar-refractivity contribution in [2.75, 3.05) is 0 Å². The second kappa shape index (κ2) is 6.84. The molecule has 3 aromatic rings. The van der Waals surface area contributed by atoms with Crippen LogP contribution in [0.3, 0.4) is 0 Å². The van der Waals surface area contributed by atoms with E-state index in [1.54, 1.807) is 24.3 Å². The Kier molecular flexibility index (Phi) is 4.59. The van der Waals surface area contributed by atoms with Crippen LogP contribution in [0.2, 0.25) is 0 Å². The summed E-state index contributed by atoms with van der Waals surface area (Å²) in [7, 11) is 0. The summed E-state index contributed by atoms with van der Waals surface area (Å²) >= 11 is 0. The van der Waals surface area contributed by atoms with Crippen LogP contribution in [0, 0.1) is 17.1 Å². The summed E-state index contributed by atoms with van der Waals surface area (Å²) in [5.41, 5.74) is -0.0914. The Morgan fingerprint density at radius 1 is 1.04 bits per heavy atom. The fraction of sp³-hybridized carbons (Fsp3) is 0.0526. The van der Waals surface area contributed by atoms with Gasteiger partial charge in [-0.3, -0.25) is 4.98 Å². The van der Waals surface area contributed by atoms with Crippen LogP contribution in [0.1, 0.15) is 17.0 Å². The number of furan rings is 1. The van der Waals surface area contributed by atoms with Crippen LogP contribution in [0.4, 0.5) is 17.6 Å². The molecule has 0 aliphatic heterocycles. The number of halogens is 4. The van der Waals surface area contributed by atoms with Crippen molar-refractivity contribution in [1.29, 1.82) is 5.26 Å². The normalized spacial score (nSPS) is 12.0. The van der Waals surface area contributed by atoms with E-state index in [2.05, 4.69) is 4.98 Å². The molecular formula is C19H10F4N2O. The van der Waals surface area contributed by atoms with Gasteiger partial charge in [-0.2, -0.15) is 18.4 Å². The van der Waals surface area contributed by atoms with Gasteiger partial charge in [0.25, 0.3) is 0 Å². The molecule has 7 heteroatoms. The molecule has 130 valence electrons. The van der Waals surface area contributed by atoms with Crippen LogP contribution in [0.25, 0.3) is 23.0 Å². The van der Waals surface area contributed by atoms with Crippen molar-refractivity contribution in [3.05, 3.63) is 77.6 Å². The highest BCUT2D eigenvalue weighted by molar-refractivity contribution is 5.87. The molecule has 0 bridgehead atoms. The molecule has 2 aromatic heterocycles. The number of alkyl halides is 3. The lowest BCUT2D eigenvalue weighted by Gasteiger charge is -2.06. The first-order valence-electron chi connectivity index (χ1n) is 7.38. The van der Waals surface area contributed by atoms with Gasteiger partial charge >= 0.3 is 6.18 Å². The predicted octanol–water partition coefficient (Wildman–Crippen LogP) is 5.56. The Labute approximate surface area is 145 Å². The summed E-state index contributed by atoms with van der Waals surface area (Å²) in [6.45, 7) is 0. The van der Waals surface area contributed by atoms with Gasteiger partial charge in [-0.15, -0.1) is 0 Å². The number of nitrogens with zero attached hydrogens (tertiary/aromatic N) is 2. The highest BCUT2D eigenvalue weighted by Gasteiger charge is 2.30. The third-order valence-corrected chi connectivity index (χ3v) is 3.53. The van der Waals surface area contributed by atoms with Crippen LogP contribution in [-0.2, 0) is 6.18 Å². The van der Waals surface area contributed by atoms with E-state index in [0.29, 0.717) is 23.3 Å². The molecule has 26 heavy (non-hydrogen) atoms. The molecule has 0 saturated carbocycles. The molecule has 1 aromatic carbocycles. The van der Waals surface area contributed by atoms with Crippen LogP contribution < -0.4 is 0 Å². The maximum atomic E-state index is 13.0. The van der Waals surface area contributed by atoms with Gasteiger partial charge in [0.05, 0.1) is 16.8 Å². The van der Waals surface area contributed by atoms with Crippen molar-refractivity contribution in [2.24, 2.45) is 0 Å². The van der Waals surface area contributed by atoms with Gasteiger partial charge in [-0.05, 0) is 48.5 Å². The minimum absolute atomic E-state index is 0.0544. The second-order valence-electron chi connectivity index (χ2n) is 5.31. The largest absolute Gasteiger partial charge is 0.457 e. The molecule has 0 N–H and O–H groups in total. The first kappa shape index (κ1) is 17.4. The van der Waals surface area contributed by atoms with Gasteiger partial charge in [-0.25, -0.2) is 4.39 Å². The maximum Gasteiger partial charge on any atom is 0.417 e. The molecule has 0 fully saturated rings. The van der Waals surface area contributed by atoms with Crippen molar-refractivity contribution in [3.8, 4) is 17.4 Å². The summed E-state index contributed by atoms with van der Waals surface area (Å²) in [4.78, 5) is 3.69. The van der Waals surface area contributed by atoms with Crippen molar-refractivity contribution >= 4 is 11.6 Å². The Balaban J connectivity index is 1.88. The SMILES string of the molecule is N#C/C(=C\c1ccc(-c2ccc(F)cc2)o1)c1ccc(C(F)(F)F)cn1. The van der Waals surface area contributed by atoms with Crippen LogP contribution >= 0.6 is 0 Å². The van der Waals surface area contributed by atoms with E-state index in [1.165, 1.54) is 18.2 Å². The van der Waals surface area contributed by atoms with Crippen molar-refractivity contribution < 1.29 is 22.0 Å². The van der Waals surface area contributed by atoms with Gasteiger partial charge in [-0.1, -0.05) is 0 Å². The van der Waals surface area contributed by atoms with Gasteiger partial charge in [0.1, 0.15) is 23.4 Å². The number of hydrogen-bond donors (Lipinski definition) is 0.